The number of hydrazine groups is 1. The van der Waals surface area contributed by atoms with Crippen LogP contribution >= 0.6 is 0 Å². The number of rotatable bonds is 6. The molecule has 8 heteroatoms. The maximum absolute atomic E-state index is 12.7. The van der Waals surface area contributed by atoms with E-state index in [1.54, 1.807) is 0 Å². The van der Waals surface area contributed by atoms with Gasteiger partial charge in [0.1, 0.15) is 5.75 Å². The van der Waals surface area contributed by atoms with Gasteiger partial charge in [0.2, 0.25) is 5.91 Å². The van der Waals surface area contributed by atoms with Crippen LogP contribution in [0.3, 0.4) is 0 Å². The molecule has 2 atom stereocenters. The molecule has 0 radical (unpaired) electrons. The van der Waals surface area contributed by atoms with E-state index < -0.39 is 17.6 Å². The summed E-state index contributed by atoms with van der Waals surface area (Å²) in [6.45, 7) is 5.73. The third-order valence-electron chi connectivity index (χ3n) is 5.27. The maximum Gasteiger partial charge on any atom is 0.416 e. The van der Waals surface area contributed by atoms with Gasteiger partial charge in [0, 0.05) is 5.92 Å². The Morgan fingerprint density at radius 3 is 2.39 bits per heavy atom. The van der Waals surface area contributed by atoms with Crippen molar-refractivity contribution in [2.75, 3.05) is 6.61 Å². The lowest BCUT2D eigenvalue weighted by Gasteiger charge is -2.15. The fraction of sp³-hybridized carbons (Fsp3) is 0.391. The molecule has 0 aromatic heterocycles. The van der Waals surface area contributed by atoms with E-state index >= 15 is 0 Å². The maximum atomic E-state index is 12.7. The highest BCUT2D eigenvalue weighted by atomic mass is 19.4. The van der Waals surface area contributed by atoms with E-state index in [0.717, 1.165) is 23.3 Å². The van der Waals surface area contributed by atoms with Gasteiger partial charge in [-0.05, 0) is 60.1 Å². The molecule has 166 valence electrons. The molecule has 1 fully saturated rings. The van der Waals surface area contributed by atoms with Crippen molar-refractivity contribution >= 4 is 11.8 Å². The third kappa shape index (κ3) is 5.77. The summed E-state index contributed by atoms with van der Waals surface area (Å²) in [6, 6.07) is 10.6. The summed E-state index contributed by atoms with van der Waals surface area (Å²) in [5.41, 5.74) is 6.64. The Bertz CT molecular complexity index is 956. The molecule has 3 rings (SSSR count). The third-order valence-corrected chi connectivity index (χ3v) is 5.27. The summed E-state index contributed by atoms with van der Waals surface area (Å²) in [4.78, 5) is 24.3. The average molecular weight is 434 g/mol. The summed E-state index contributed by atoms with van der Waals surface area (Å²) in [6.07, 6.45) is -3.87. The number of nitrogens with one attached hydrogen (secondary N) is 2. The molecular formula is C23H25F3N2O3. The fourth-order valence-electron chi connectivity index (χ4n) is 3.42. The quantitative estimate of drug-likeness (QED) is 0.660. The van der Waals surface area contributed by atoms with Crippen LogP contribution in [0.15, 0.2) is 42.5 Å². The van der Waals surface area contributed by atoms with E-state index in [1.807, 2.05) is 39.0 Å². The SMILES string of the molecule is Cc1ccc(C(C)C)c(OCC(=O)NNC(=O)C2CC2c2ccc(C(F)(F)F)cc2)c1. The van der Waals surface area contributed by atoms with Gasteiger partial charge in [-0.15, -0.1) is 0 Å². The molecule has 0 bridgehead atoms. The number of ether oxygens (including phenoxy) is 1. The van der Waals surface area contributed by atoms with Crippen molar-refractivity contribution in [2.45, 2.75) is 45.2 Å². The lowest BCUT2D eigenvalue weighted by molar-refractivity contribution is -0.137. The van der Waals surface area contributed by atoms with Gasteiger partial charge in [-0.25, -0.2) is 0 Å². The van der Waals surface area contributed by atoms with E-state index in [0.29, 0.717) is 17.7 Å². The highest BCUT2D eigenvalue weighted by molar-refractivity contribution is 5.86. The summed E-state index contributed by atoms with van der Waals surface area (Å²) in [5, 5.41) is 0. The first kappa shape index (κ1) is 22.7. The molecule has 1 aliphatic rings. The van der Waals surface area contributed by atoms with Crippen molar-refractivity contribution in [2.24, 2.45) is 5.92 Å². The van der Waals surface area contributed by atoms with E-state index in [4.69, 9.17) is 4.74 Å². The van der Waals surface area contributed by atoms with Crippen LogP contribution in [0.4, 0.5) is 13.2 Å². The Labute approximate surface area is 179 Å². The number of alkyl halides is 3. The number of amides is 2. The zero-order valence-electron chi connectivity index (χ0n) is 17.5. The van der Waals surface area contributed by atoms with Gasteiger partial charge in [-0.1, -0.05) is 38.1 Å². The van der Waals surface area contributed by atoms with Crippen LogP contribution in [0.5, 0.6) is 5.75 Å². The Balaban J connectivity index is 1.46. The van der Waals surface area contributed by atoms with Crippen LogP contribution < -0.4 is 15.6 Å². The smallest absolute Gasteiger partial charge is 0.416 e. The fourth-order valence-corrected chi connectivity index (χ4v) is 3.42. The molecule has 31 heavy (non-hydrogen) atoms. The second-order valence-electron chi connectivity index (χ2n) is 8.09. The minimum atomic E-state index is -4.39. The summed E-state index contributed by atoms with van der Waals surface area (Å²) in [5.74, 6) is -0.567. The van der Waals surface area contributed by atoms with Crippen molar-refractivity contribution < 1.29 is 27.5 Å². The van der Waals surface area contributed by atoms with Crippen molar-refractivity contribution in [1.82, 2.24) is 10.9 Å². The molecule has 5 nitrogen and oxygen atoms in total. The van der Waals surface area contributed by atoms with E-state index in [2.05, 4.69) is 10.9 Å². The summed E-state index contributed by atoms with van der Waals surface area (Å²) in [7, 11) is 0. The van der Waals surface area contributed by atoms with Gasteiger partial charge in [0.05, 0.1) is 5.56 Å². The largest absolute Gasteiger partial charge is 0.483 e. The Hall–Kier alpha value is -3.03. The predicted molar refractivity (Wildman–Crippen MR) is 109 cm³/mol. The van der Waals surface area contributed by atoms with Crippen LogP contribution in [0.2, 0.25) is 0 Å². The zero-order valence-corrected chi connectivity index (χ0v) is 17.5. The number of aryl methyl sites for hydroxylation is 1. The number of halogens is 3. The lowest BCUT2D eigenvalue weighted by atomic mass is 10.0. The topological polar surface area (TPSA) is 67.4 Å². The molecule has 1 saturated carbocycles. The standard InChI is InChI=1S/C23H25F3N2O3/c1-13(2)17-9-4-14(3)10-20(17)31-12-21(29)27-28-22(30)19-11-18(19)15-5-7-16(8-6-15)23(24,25)26/h4-10,13,18-19H,11-12H2,1-3H3,(H,27,29)(H,28,30). The molecule has 2 amide bonds. The normalized spacial score (nSPS) is 17.9. The van der Waals surface area contributed by atoms with E-state index in [1.165, 1.54) is 12.1 Å². The van der Waals surface area contributed by atoms with Crippen molar-refractivity contribution in [3.05, 3.63) is 64.7 Å². The molecular weight excluding hydrogens is 409 g/mol. The number of hydrogen-bond donors (Lipinski definition) is 2. The molecule has 0 aliphatic heterocycles. The zero-order chi connectivity index (χ0) is 22.8. The molecule has 1 aliphatic carbocycles. The van der Waals surface area contributed by atoms with Crippen molar-refractivity contribution in [3.63, 3.8) is 0 Å². The van der Waals surface area contributed by atoms with Crippen LogP contribution in [-0.4, -0.2) is 18.4 Å². The first-order valence-corrected chi connectivity index (χ1v) is 10.1. The molecule has 0 spiro atoms. The molecule has 2 N–H and O–H groups in total. The number of carbonyl (C=O) groups excluding carboxylic acids is 2. The van der Waals surface area contributed by atoms with Gasteiger partial charge < -0.3 is 4.74 Å². The number of benzene rings is 2. The van der Waals surface area contributed by atoms with Gasteiger partial charge in [-0.2, -0.15) is 13.2 Å². The molecule has 0 saturated heterocycles. The van der Waals surface area contributed by atoms with Crippen LogP contribution in [0.1, 0.15) is 54.4 Å². The monoisotopic (exact) mass is 434 g/mol. The van der Waals surface area contributed by atoms with Gasteiger partial charge in [0.15, 0.2) is 6.61 Å². The van der Waals surface area contributed by atoms with Crippen molar-refractivity contribution in [3.8, 4) is 5.75 Å². The van der Waals surface area contributed by atoms with Crippen LogP contribution in [-0.2, 0) is 15.8 Å². The summed E-state index contributed by atoms with van der Waals surface area (Å²) >= 11 is 0. The molecule has 0 heterocycles. The minimum Gasteiger partial charge on any atom is -0.483 e. The number of carbonyl (C=O) groups is 2. The van der Waals surface area contributed by atoms with Gasteiger partial charge in [0.25, 0.3) is 5.91 Å². The summed E-state index contributed by atoms with van der Waals surface area (Å²) < 4.78 is 43.6. The first-order valence-electron chi connectivity index (χ1n) is 10.1. The Kier molecular flexibility index (Phi) is 6.57. The van der Waals surface area contributed by atoms with E-state index in [-0.39, 0.29) is 30.3 Å². The highest BCUT2D eigenvalue weighted by Crippen LogP contribution is 2.47. The first-order chi connectivity index (χ1) is 14.6. The van der Waals surface area contributed by atoms with Gasteiger partial charge in [-0.3, -0.25) is 20.4 Å². The lowest BCUT2D eigenvalue weighted by Crippen LogP contribution is -2.44. The van der Waals surface area contributed by atoms with Crippen molar-refractivity contribution in [1.29, 1.82) is 0 Å². The second kappa shape index (κ2) is 8.99. The predicted octanol–water partition coefficient (Wildman–Crippen LogP) is 4.47. The Morgan fingerprint density at radius 2 is 1.77 bits per heavy atom. The molecule has 2 aromatic rings. The number of hydrogen-bond acceptors (Lipinski definition) is 3. The minimum absolute atomic E-state index is 0.156. The molecule has 2 unspecified atom stereocenters. The second-order valence-corrected chi connectivity index (χ2v) is 8.09. The van der Waals surface area contributed by atoms with Crippen LogP contribution in [0, 0.1) is 12.8 Å². The van der Waals surface area contributed by atoms with E-state index in [9.17, 15) is 22.8 Å². The molecule has 2 aromatic carbocycles. The highest BCUT2D eigenvalue weighted by Gasteiger charge is 2.44. The Morgan fingerprint density at radius 1 is 1.10 bits per heavy atom. The van der Waals surface area contributed by atoms with Gasteiger partial charge >= 0.3 is 6.18 Å². The van der Waals surface area contributed by atoms with Crippen LogP contribution in [0.25, 0.3) is 0 Å². The average Bonchev–Trinajstić information content (AvgIpc) is 3.50.